The molecule has 1 fully saturated rings. The van der Waals surface area contributed by atoms with Crippen LogP contribution in [-0.2, 0) is 9.53 Å². The number of rotatable bonds is 8. The molecule has 5 rings (SSSR count). The standard InChI is InChI=1S/C30H30ClN5O3S/c1-18-15-23(19(2)35(18)20-8-11-22(39-4)12-9-20)29-28(26-7-5-6-14-32-26)34-30(40)36(29)21-10-13-25(24(31)16-21)33-27(37)17-38-3/h5-16,28-29H,17H2,1-4H3,(H,33,37)(H,34,40)/t28-,29-/m0/s1. The maximum atomic E-state index is 12.1. The molecule has 1 amide bonds. The SMILES string of the molecule is COCC(=O)Nc1ccc(N2C(=S)N[C@@H](c3ccccn3)[C@@H]2c2cc(C)n(-c3ccc(OC)cc3)c2C)cc1Cl. The number of hydrogen-bond donors (Lipinski definition) is 2. The number of ether oxygens (including phenoxy) is 2. The van der Waals surface area contributed by atoms with E-state index >= 15 is 0 Å². The molecule has 2 N–H and O–H groups in total. The van der Waals surface area contributed by atoms with E-state index in [1.54, 1.807) is 19.4 Å². The summed E-state index contributed by atoms with van der Waals surface area (Å²) >= 11 is 12.5. The Bertz CT molecular complexity index is 1540. The number of pyridine rings is 1. The van der Waals surface area contributed by atoms with E-state index in [0.717, 1.165) is 39.8 Å². The van der Waals surface area contributed by atoms with Crippen LogP contribution in [0.25, 0.3) is 5.69 Å². The molecular formula is C30H30ClN5O3S. The van der Waals surface area contributed by atoms with E-state index < -0.39 is 0 Å². The van der Waals surface area contributed by atoms with Crippen molar-refractivity contribution >= 4 is 46.2 Å². The number of aromatic nitrogens is 2. The van der Waals surface area contributed by atoms with Gasteiger partial charge in [0.05, 0.1) is 35.6 Å². The molecule has 0 unspecified atom stereocenters. The summed E-state index contributed by atoms with van der Waals surface area (Å²) in [6, 6.07) is 21.1. The fourth-order valence-corrected chi connectivity index (χ4v) is 5.81. The van der Waals surface area contributed by atoms with Crippen LogP contribution in [-0.4, -0.2) is 41.4 Å². The second-order valence-electron chi connectivity index (χ2n) is 9.50. The Morgan fingerprint density at radius 1 is 1.07 bits per heavy atom. The van der Waals surface area contributed by atoms with Crippen LogP contribution < -0.4 is 20.3 Å². The van der Waals surface area contributed by atoms with Gasteiger partial charge in [0.1, 0.15) is 12.4 Å². The first-order valence-corrected chi connectivity index (χ1v) is 13.5. The van der Waals surface area contributed by atoms with Gasteiger partial charge in [-0.3, -0.25) is 9.78 Å². The minimum Gasteiger partial charge on any atom is -0.497 e. The van der Waals surface area contributed by atoms with Gasteiger partial charge in [-0.05, 0) is 92.3 Å². The van der Waals surface area contributed by atoms with Gasteiger partial charge in [0.25, 0.3) is 0 Å². The number of thiocarbonyl (C=S) groups is 1. The molecule has 10 heteroatoms. The average Bonchev–Trinajstić information content (AvgIpc) is 3.45. The van der Waals surface area contributed by atoms with Crippen LogP contribution >= 0.6 is 23.8 Å². The molecule has 4 aromatic rings. The summed E-state index contributed by atoms with van der Waals surface area (Å²) in [7, 11) is 3.13. The second-order valence-corrected chi connectivity index (χ2v) is 10.3. The Labute approximate surface area is 243 Å². The molecule has 1 aliphatic rings. The van der Waals surface area contributed by atoms with Crippen molar-refractivity contribution in [2.45, 2.75) is 25.9 Å². The summed E-state index contributed by atoms with van der Waals surface area (Å²) in [6.45, 7) is 4.15. The van der Waals surface area contributed by atoms with Gasteiger partial charge < -0.3 is 29.6 Å². The zero-order valence-corrected chi connectivity index (χ0v) is 24.2. The summed E-state index contributed by atoms with van der Waals surface area (Å²) in [6.07, 6.45) is 1.79. The number of methoxy groups -OCH3 is 2. The Morgan fingerprint density at radius 2 is 1.82 bits per heavy atom. The molecule has 2 atom stereocenters. The van der Waals surface area contributed by atoms with Gasteiger partial charge in [-0.1, -0.05) is 17.7 Å². The van der Waals surface area contributed by atoms with Crippen LogP contribution in [0.5, 0.6) is 5.75 Å². The lowest BCUT2D eigenvalue weighted by molar-refractivity contribution is -0.119. The monoisotopic (exact) mass is 575 g/mol. The average molecular weight is 576 g/mol. The van der Waals surface area contributed by atoms with Crippen molar-refractivity contribution < 1.29 is 14.3 Å². The summed E-state index contributed by atoms with van der Waals surface area (Å²) < 4.78 is 12.5. The third kappa shape index (κ3) is 5.28. The Balaban J connectivity index is 1.59. The molecule has 206 valence electrons. The highest BCUT2D eigenvalue weighted by Crippen LogP contribution is 2.44. The second kappa shape index (κ2) is 11.7. The number of carbonyl (C=O) groups is 1. The molecule has 2 aromatic heterocycles. The fraction of sp³-hybridized carbons (Fsp3) is 0.233. The van der Waals surface area contributed by atoms with Crippen molar-refractivity contribution in [3.63, 3.8) is 0 Å². The van der Waals surface area contributed by atoms with E-state index in [1.807, 2.05) is 54.6 Å². The first-order valence-electron chi connectivity index (χ1n) is 12.7. The van der Waals surface area contributed by atoms with Crippen LogP contribution in [0.4, 0.5) is 11.4 Å². The number of halogens is 1. The highest BCUT2D eigenvalue weighted by atomic mass is 35.5. The molecule has 0 aliphatic carbocycles. The molecule has 0 radical (unpaired) electrons. The molecular weight excluding hydrogens is 546 g/mol. The lowest BCUT2D eigenvalue weighted by Gasteiger charge is -2.28. The summed E-state index contributed by atoms with van der Waals surface area (Å²) in [5, 5.41) is 7.23. The van der Waals surface area contributed by atoms with Crippen LogP contribution in [0.3, 0.4) is 0 Å². The van der Waals surface area contributed by atoms with Crippen molar-refractivity contribution in [1.29, 1.82) is 0 Å². The molecule has 0 saturated carbocycles. The van der Waals surface area contributed by atoms with Crippen LogP contribution in [0.1, 0.15) is 34.7 Å². The Kier molecular flexibility index (Phi) is 8.07. The predicted octanol–water partition coefficient (Wildman–Crippen LogP) is 5.91. The van der Waals surface area contributed by atoms with Gasteiger partial charge in [-0.2, -0.15) is 0 Å². The minimum absolute atomic E-state index is 0.0597. The van der Waals surface area contributed by atoms with E-state index in [2.05, 4.69) is 45.0 Å². The molecule has 40 heavy (non-hydrogen) atoms. The number of anilines is 2. The van der Waals surface area contributed by atoms with E-state index in [-0.39, 0.29) is 24.6 Å². The van der Waals surface area contributed by atoms with Crippen LogP contribution in [0, 0.1) is 13.8 Å². The Morgan fingerprint density at radius 3 is 2.48 bits per heavy atom. The van der Waals surface area contributed by atoms with Crippen molar-refractivity contribution in [2.24, 2.45) is 0 Å². The topological polar surface area (TPSA) is 80.7 Å². The number of amides is 1. The van der Waals surface area contributed by atoms with Crippen molar-refractivity contribution in [3.8, 4) is 11.4 Å². The van der Waals surface area contributed by atoms with Gasteiger partial charge in [0.2, 0.25) is 5.91 Å². The van der Waals surface area contributed by atoms with Crippen molar-refractivity contribution in [3.05, 3.63) is 101 Å². The van der Waals surface area contributed by atoms with Gasteiger partial charge in [-0.15, -0.1) is 0 Å². The predicted molar refractivity (Wildman–Crippen MR) is 162 cm³/mol. The fourth-order valence-electron chi connectivity index (χ4n) is 5.24. The molecule has 1 saturated heterocycles. The van der Waals surface area contributed by atoms with Crippen LogP contribution in [0.2, 0.25) is 5.02 Å². The molecule has 0 bridgehead atoms. The lowest BCUT2D eigenvalue weighted by atomic mass is 9.96. The number of benzene rings is 2. The zero-order chi connectivity index (χ0) is 28.4. The molecule has 0 spiro atoms. The first-order chi connectivity index (χ1) is 19.3. The van der Waals surface area contributed by atoms with E-state index in [9.17, 15) is 4.79 Å². The molecule has 1 aliphatic heterocycles. The minimum atomic E-state index is -0.283. The highest BCUT2D eigenvalue weighted by Gasteiger charge is 2.42. The normalized spacial score (nSPS) is 16.6. The van der Waals surface area contributed by atoms with Gasteiger partial charge in [0, 0.05) is 36.1 Å². The molecule has 3 heterocycles. The highest BCUT2D eigenvalue weighted by molar-refractivity contribution is 7.80. The number of aryl methyl sites for hydroxylation is 1. The quantitative estimate of drug-likeness (QED) is 0.253. The van der Waals surface area contributed by atoms with E-state index in [1.165, 1.54) is 7.11 Å². The number of hydrogen-bond acceptors (Lipinski definition) is 5. The maximum Gasteiger partial charge on any atom is 0.250 e. The van der Waals surface area contributed by atoms with Gasteiger partial charge in [-0.25, -0.2) is 0 Å². The Hall–Kier alpha value is -3.92. The smallest absolute Gasteiger partial charge is 0.250 e. The number of nitrogens with zero attached hydrogens (tertiary/aromatic N) is 3. The van der Waals surface area contributed by atoms with Crippen LogP contribution in [0.15, 0.2) is 72.9 Å². The van der Waals surface area contributed by atoms with Crippen molar-refractivity contribution in [2.75, 3.05) is 31.0 Å². The third-order valence-corrected chi connectivity index (χ3v) is 7.63. The maximum absolute atomic E-state index is 12.1. The lowest BCUT2D eigenvalue weighted by Crippen LogP contribution is -2.29. The summed E-state index contributed by atoms with van der Waals surface area (Å²) in [4.78, 5) is 18.8. The largest absolute Gasteiger partial charge is 0.497 e. The summed E-state index contributed by atoms with van der Waals surface area (Å²) in [5.41, 5.74) is 6.48. The zero-order valence-electron chi connectivity index (χ0n) is 22.6. The van der Waals surface area contributed by atoms with Gasteiger partial charge in [0.15, 0.2) is 5.11 Å². The first kappa shape index (κ1) is 27.6. The van der Waals surface area contributed by atoms with Crippen molar-refractivity contribution in [1.82, 2.24) is 14.9 Å². The number of carbonyl (C=O) groups excluding carboxylic acids is 1. The summed E-state index contributed by atoms with van der Waals surface area (Å²) in [5.74, 6) is 0.520. The third-order valence-electron chi connectivity index (χ3n) is 7.00. The number of nitrogens with one attached hydrogen (secondary N) is 2. The van der Waals surface area contributed by atoms with Gasteiger partial charge >= 0.3 is 0 Å². The van der Waals surface area contributed by atoms with E-state index in [4.69, 9.17) is 33.3 Å². The molecule has 8 nitrogen and oxygen atoms in total. The van der Waals surface area contributed by atoms with E-state index in [0.29, 0.717) is 15.8 Å². The molecule has 2 aromatic carbocycles.